The quantitative estimate of drug-likeness (QED) is 0.530. The van der Waals surface area contributed by atoms with Gasteiger partial charge >= 0.3 is 11.1 Å². The zero-order valence-corrected chi connectivity index (χ0v) is 9.56. The van der Waals surface area contributed by atoms with Crippen LogP contribution in [-0.4, -0.2) is 19.9 Å². The molecule has 2 aromatic heterocycles. The molecule has 0 atom stereocenters. The van der Waals surface area contributed by atoms with Crippen LogP contribution < -0.4 is 16.7 Å². The van der Waals surface area contributed by atoms with Gasteiger partial charge in [-0.1, -0.05) is 30.3 Å². The molecule has 19 heavy (non-hydrogen) atoms. The van der Waals surface area contributed by atoms with E-state index >= 15 is 0 Å². The third kappa shape index (κ3) is 1.86. The minimum absolute atomic E-state index is 0.0483. The van der Waals surface area contributed by atoms with E-state index in [1.54, 1.807) is 24.3 Å². The fraction of sp³-hybridized carbons (Fsp3) is 0. The summed E-state index contributed by atoms with van der Waals surface area (Å²) in [6.07, 6.45) is 0. The van der Waals surface area contributed by atoms with Crippen molar-refractivity contribution in [1.29, 1.82) is 0 Å². The first-order valence-electron chi connectivity index (χ1n) is 5.47. The fourth-order valence-electron chi connectivity index (χ4n) is 1.75. The Balaban J connectivity index is 2.37. The van der Waals surface area contributed by atoms with Gasteiger partial charge in [0.05, 0.1) is 0 Å². The lowest BCUT2D eigenvalue weighted by Crippen LogP contribution is -2.31. The van der Waals surface area contributed by atoms with Crippen molar-refractivity contribution in [2.75, 3.05) is 0 Å². The Morgan fingerprint density at radius 1 is 0.789 bits per heavy atom. The van der Waals surface area contributed by atoms with Gasteiger partial charge < -0.3 is 15.0 Å². The molecular weight excluding hydrogens is 248 g/mol. The Hall–Kier alpha value is -2.96. The Morgan fingerprint density at radius 2 is 1.47 bits per heavy atom. The van der Waals surface area contributed by atoms with Crippen LogP contribution in [0.25, 0.3) is 22.6 Å². The van der Waals surface area contributed by atoms with Crippen LogP contribution in [0.1, 0.15) is 0 Å². The van der Waals surface area contributed by atoms with E-state index in [1.165, 1.54) is 0 Å². The van der Waals surface area contributed by atoms with Crippen molar-refractivity contribution in [2.45, 2.75) is 0 Å². The van der Waals surface area contributed by atoms with Gasteiger partial charge in [-0.3, -0.25) is 14.4 Å². The first-order valence-corrected chi connectivity index (χ1v) is 5.47. The van der Waals surface area contributed by atoms with Crippen molar-refractivity contribution in [3.05, 3.63) is 61.4 Å². The molecule has 0 aliphatic rings. The van der Waals surface area contributed by atoms with E-state index in [-0.39, 0.29) is 11.2 Å². The number of fused-ring (bicyclic) bond motifs is 1. The van der Waals surface area contributed by atoms with Gasteiger partial charge in [-0.05, 0) is 0 Å². The highest BCUT2D eigenvalue weighted by atomic mass is 16.2. The first-order chi connectivity index (χ1) is 9.15. The highest BCUT2D eigenvalue weighted by Crippen LogP contribution is 2.12. The molecule has 94 valence electrons. The SMILES string of the molecule is O=c1[nH]c2nc(-c3ccccc3)[nH]c(=O)c2[nH]c1=O. The predicted molar refractivity (Wildman–Crippen MR) is 69.0 cm³/mol. The summed E-state index contributed by atoms with van der Waals surface area (Å²) in [5.74, 6) is 0.320. The zero-order chi connectivity index (χ0) is 13.4. The van der Waals surface area contributed by atoms with Crippen LogP contribution in [-0.2, 0) is 0 Å². The summed E-state index contributed by atoms with van der Waals surface area (Å²) in [4.78, 5) is 45.4. The Kier molecular flexibility index (Phi) is 2.38. The van der Waals surface area contributed by atoms with Crippen molar-refractivity contribution >= 4 is 11.2 Å². The molecule has 0 bridgehead atoms. The number of nitrogens with zero attached hydrogens (tertiary/aromatic N) is 1. The van der Waals surface area contributed by atoms with E-state index in [4.69, 9.17) is 0 Å². The summed E-state index contributed by atoms with van der Waals surface area (Å²) >= 11 is 0. The van der Waals surface area contributed by atoms with E-state index in [2.05, 4.69) is 19.9 Å². The van der Waals surface area contributed by atoms with Gasteiger partial charge in [0.1, 0.15) is 5.82 Å². The van der Waals surface area contributed by atoms with Gasteiger partial charge in [-0.25, -0.2) is 4.98 Å². The Labute approximate surface area is 105 Å². The summed E-state index contributed by atoms with van der Waals surface area (Å²) < 4.78 is 0. The van der Waals surface area contributed by atoms with Crippen molar-refractivity contribution in [1.82, 2.24) is 19.9 Å². The van der Waals surface area contributed by atoms with Crippen LogP contribution in [0.3, 0.4) is 0 Å². The lowest BCUT2D eigenvalue weighted by molar-refractivity contribution is 1.07. The maximum Gasteiger partial charge on any atom is 0.315 e. The zero-order valence-electron chi connectivity index (χ0n) is 9.56. The molecule has 0 saturated carbocycles. The predicted octanol–water partition coefficient (Wildman–Crippen LogP) is -0.0333. The minimum atomic E-state index is -0.882. The van der Waals surface area contributed by atoms with E-state index in [9.17, 15) is 14.4 Å². The average Bonchev–Trinajstić information content (AvgIpc) is 2.42. The Morgan fingerprint density at radius 3 is 2.21 bits per heavy atom. The summed E-state index contributed by atoms with van der Waals surface area (Å²) in [5.41, 5.74) is -1.54. The molecule has 0 fully saturated rings. The average molecular weight is 256 g/mol. The van der Waals surface area contributed by atoms with Gasteiger partial charge in [0, 0.05) is 5.56 Å². The number of hydrogen-bond acceptors (Lipinski definition) is 4. The van der Waals surface area contributed by atoms with E-state index in [0.717, 1.165) is 0 Å². The molecule has 0 amide bonds. The number of H-pyrrole nitrogens is 3. The van der Waals surface area contributed by atoms with Crippen molar-refractivity contribution in [2.24, 2.45) is 0 Å². The van der Waals surface area contributed by atoms with Gasteiger partial charge in [0.25, 0.3) is 5.56 Å². The second-order valence-electron chi connectivity index (χ2n) is 3.91. The molecule has 0 aliphatic heterocycles. The van der Waals surface area contributed by atoms with Crippen LogP contribution in [0.4, 0.5) is 0 Å². The third-order valence-electron chi connectivity index (χ3n) is 2.64. The molecule has 2 heterocycles. The molecule has 7 nitrogen and oxygen atoms in total. The number of benzene rings is 1. The lowest BCUT2D eigenvalue weighted by Gasteiger charge is -2.02. The maximum absolute atomic E-state index is 11.8. The standard InChI is InChI=1S/C12H8N4O3/c17-10-7-9(16-12(19)11(18)13-7)14-8(15-10)6-4-2-1-3-5-6/h1-5H,(H,13,18)(H2,14,15,16,17,19). The molecule has 0 aliphatic carbocycles. The maximum atomic E-state index is 11.8. The molecule has 0 spiro atoms. The van der Waals surface area contributed by atoms with Gasteiger partial charge in [-0.15, -0.1) is 0 Å². The van der Waals surface area contributed by atoms with Crippen LogP contribution in [0.5, 0.6) is 0 Å². The van der Waals surface area contributed by atoms with Gasteiger partial charge in [0.15, 0.2) is 11.2 Å². The largest absolute Gasteiger partial charge is 0.315 e. The molecule has 3 rings (SSSR count). The molecule has 3 N–H and O–H groups in total. The van der Waals surface area contributed by atoms with Crippen LogP contribution in [0.15, 0.2) is 44.7 Å². The second-order valence-corrected chi connectivity index (χ2v) is 3.91. The van der Waals surface area contributed by atoms with E-state index in [0.29, 0.717) is 11.4 Å². The lowest BCUT2D eigenvalue weighted by atomic mass is 10.2. The number of nitrogens with one attached hydrogen (secondary N) is 3. The third-order valence-corrected chi connectivity index (χ3v) is 2.64. The molecule has 1 aromatic carbocycles. The van der Waals surface area contributed by atoms with E-state index < -0.39 is 16.7 Å². The first kappa shape index (κ1) is 11.1. The molecule has 0 saturated heterocycles. The van der Waals surface area contributed by atoms with Crippen molar-refractivity contribution in [3.8, 4) is 11.4 Å². The molecule has 0 radical (unpaired) electrons. The van der Waals surface area contributed by atoms with Crippen LogP contribution >= 0.6 is 0 Å². The number of aromatic nitrogens is 4. The highest BCUT2D eigenvalue weighted by Gasteiger charge is 2.08. The summed E-state index contributed by atoms with van der Waals surface area (Å²) in [7, 11) is 0. The smallest absolute Gasteiger partial charge is 0.310 e. The summed E-state index contributed by atoms with van der Waals surface area (Å²) in [5, 5.41) is 0. The van der Waals surface area contributed by atoms with Crippen LogP contribution in [0, 0.1) is 0 Å². The van der Waals surface area contributed by atoms with E-state index in [1.807, 2.05) is 6.07 Å². The normalized spacial score (nSPS) is 10.7. The number of hydrogen-bond donors (Lipinski definition) is 3. The monoisotopic (exact) mass is 256 g/mol. The summed E-state index contributed by atoms with van der Waals surface area (Å²) in [6, 6.07) is 8.98. The number of rotatable bonds is 1. The highest BCUT2D eigenvalue weighted by molar-refractivity contribution is 5.70. The number of aromatic amines is 3. The second kappa shape index (κ2) is 4.05. The molecular formula is C12H8N4O3. The minimum Gasteiger partial charge on any atom is -0.310 e. The topological polar surface area (TPSA) is 111 Å². The van der Waals surface area contributed by atoms with Gasteiger partial charge in [-0.2, -0.15) is 0 Å². The summed E-state index contributed by atoms with van der Waals surface area (Å²) in [6.45, 7) is 0. The van der Waals surface area contributed by atoms with Crippen LogP contribution in [0.2, 0.25) is 0 Å². The fourth-order valence-corrected chi connectivity index (χ4v) is 1.75. The van der Waals surface area contributed by atoms with Crippen molar-refractivity contribution in [3.63, 3.8) is 0 Å². The molecule has 3 aromatic rings. The van der Waals surface area contributed by atoms with Gasteiger partial charge in [0.2, 0.25) is 0 Å². The molecule has 0 unspecified atom stereocenters. The molecule has 7 heteroatoms. The van der Waals surface area contributed by atoms with Crippen molar-refractivity contribution < 1.29 is 0 Å². The Bertz CT molecular complexity index is 921.